The summed E-state index contributed by atoms with van der Waals surface area (Å²) in [6.45, 7) is 3.12. The second-order valence-electron chi connectivity index (χ2n) is 6.16. The quantitative estimate of drug-likeness (QED) is 0.843. The minimum Gasteiger partial charge on any atom is -0.336 e. The monoisotopic (exact) mass is 284 g/mol. The lowest BCUT2D eigenvalue weighted by atomic mass is 9.97. The van der Waals surface area contributed by atoms with Gasteiger partial charge in [0.05, 0.1) is 0 Å². The molecule has 1 heterocycles. The summed E-state index contributed by atoms with van der Waals surface area (Å²) in [4.78, 5) is 14.6. The maximum absolute atomic E-state index is 12.5. The molecule has 3 heteroatoms. The first-order valence-corrected chi connectivity index (χ1v) is 8.07. The molecule has 3 rings (SSSR count). The zero-order chi connectivity index (χ0) is 14.5. The average Bonchev–Trinajstić information content (AvgIpc) is 3.37. The van der Waals surface area contributed by atoms with Gasteiger partial charge in [0.2, 0.25) is 5.91 Å². The van der Waals surface area contributed by atoms with Gasteiger partial charge in [-0.25, -0.2) is 0 Å². The maximum Gasteiger partial charge on any atom is 0.246 e. The van der Waals surface area contributed by atoms with Crippen LogP contribution in [0.3, 0.4) is 0 Å². The van der Waals surface area contributed by atoms with Gasteiger partial charge < -0.3 is 10.2 Å². The van der Waals surface area contributed by atoms with Crippen molar-refractivity contribution < 1.29 is 4.79 Å². The van der Waals surface area contributed by atoms with Gasteiger partial charge in [-0.2, -0.15) is 0 Å². The maximum atomic E-state index is 12.5. The number of amides is 1. The number of carbonyl (C=O) groups is 1. The third-order valence-corrected chi connectivity index (χ3v) is 4.40. The number of nitrogens with one attached hydrogen (secondary N) is 1. The van der Waals surface area contributed by atoms with Crippen LogP contribution in [0.2, 0.25) is 0 Å². The van der Waals surface area contributed by atoms with E-state index in [1.807, 2.05) is 36.4 Å². The third-order valence-electron chi connectivity index (χ3n) is 4.40. The summed E-state index contributed by atoms with van der Waals surface area (Å²) >= 11 is 0. The molecule has 0 atom stereocenters. The smallest absolute Gasteiger partial charge is 0.246 e. The van der Waals surface area contributed by atoms with Gasteiger partial charge in [0.15, 0.2) is 0 Å². The van der Waals surface area contributed by atoms with Gasteiger partial charge in [-0.1, -0.05) is 30.3 Å². The number of hydrogen-bond donors (Lipinski definition) is 1. The first-order valence-electron chi connectivity index (χ1n) is 8.07. The van der Waals surface area contributed by atoms with Crippen LogP contribution in [-0.2, 0) is 4.79 Å². The van der Waals surface area contributed by atoms with E-state index in [2.05, 4.69) is 10.2 Å². The Labute approximate surface area is 127 Å². The van der Waals surface area contributed by atoms with Crippen molar-refractivity contribution in [3.8, 4) is 0 Å². The molecule has 2 fully saturated rings. The molecule has 1 amide bonds. The number of piperidine rings is 1. The summed E-state index contributed by atoms with van der Waals surface area (Å²) in [6, 6.07) is 10.5. The fourth-order valence-electron chi connectivity index (χ4n) is 2.98. The van der Waals surface area contributed by atoms with Crippen molar-refractivity contribution in [2.24, 2.45) is 5.92 Å². The molecule has 1 N–H and O–H groups in total. The van der Waals surface area contributed by atoms with E-state index in [0.717, 1.165) is 25.2 Å². The molecule has 112 valence electrons. The van der Waals surface area contributed by atoms with Crippen molar-refractivity contribution in [1.29, 1.82) is 0 Å². The molecule has 21 heavy (non-hydrogen) atoms. The lowest BCUT2D eigenvalue weighted by Gasteiger charge is -2.29. The van der Waals surface area contributed by atoms with E-state index < -0.39 is 0 Å². The molecule has 2 aliphatic rings. The van der Waals surface area contributed by atoms with Crippen LogP contribution in [-0.4, -0.2) is 36.5 Å². The summed E-state index contributed by atoms with van der Waals surface area (Å²) in [6.07, 6.45) is 8.42. The predicted octanol–water partition coefficient (Wildman–Crippen LogP) is 2.69. The third kappa shape index (κ3) is 4.18. The van der Waals surface area contributed by atoms with Crippen LogP contribution >= 0.6 is 0 Å². The number of rotatable bonds is 5. The summed E-state index contributed by atoms with van der Waals surface area (Å²) in [5.74, 6) is 0.848. The SMILES string of the molecule is O=C(C=Cc1ccccc1)N(CC1CCNCC1)C1CC1. The first-order chi connectivity index (χ1) is 10.3. The van der Waals surface area contributed by atoms with Crippen LogP contribution in [0.1, 0.15) is 31.2 Å². The molecule has 1 saturated carbocycles. The molecule has 1 aliphatic heterocycles. The zero-order valence-electron chi connectivity index (χ0n) is 12.5. The van der Waals surface area contributed by atoms with Crippen molar-refractivity contribution in [2.45, 2.75) is 31.7 Å². The minimum atomic E-state index is 0.180. The van der Waals surface area contributed by atoms with Crippen LogP contribution in [0, 0.1) is 5.92 Å². The standard InChI is InChI=1S/C18H24N2O/c21-18(9-6-15-4-2-1-3-5-15)20(17-7-8-17)14-16-10-12-19-13-11-16/h1-6,9,16-17,19H,7-8,10-14H2. The molecule has 0 radical (unpaired) electrons. The number of benzene rings is 1. The fraction of sp³-hybridized carbons (Fsp3) is 0.500. The van der Waals surface area contributed by atoms with E-state index in [1.54, 1.807) is 6.08 Å². The zero-order valence-corrected chi connectivity index (χ0v) is 12.5. The second-order valence-corrected chi connectivity index (χ2v) is 6.16. The average molecular weight is 284 g/mol. The topological polar surface area (TPSA) is 32.3 Å². The Morgan fingerprint density at radius 2 is 1.86 bits per heavy atom. The van der Waals surface area contributed by atoms with E-state index in [0.29, 0.717) is 12.0 Å². The first kappa shape index (κ1) is 14.3. The Morgan fingerprint density at radius 1 is 1.14 bits per heavy atom. The van der Waals surface area contributed by atoms with Gasteiger partial charge in [0.1, 0.15) is 0 Å². The van der Waals surface area contributed by atoms with Gasteiger partial charge in [-0.15, -0.1) is 0 Å². The fourth-order valence-corrected chi connectivity index (χ4v) is 2.98. The van der Waals surface area contributed by atoms with Gasteiger partial charge in [0, 0.05) is 18.7 Å². The van der Waals surface area contributed by atoms with Crippen molar-refractivity contribution >= 4 is 12.0 Å². The van der Waals surface area contributed by atoms with Gasteiger partial charge >= 0.3 is 0 Å². The number of nitrogens with zero attached hydrogens (tertiary/aromatic N) is 1. The lowest BCUT2D eigenvalue weighted by molar-refractivity contribution is -0.127. The highest BCUT2D eigenvalue weighted by atomic mass is 16.2. The van der Waals surface area contributed by atoms with Crippen LogP contribution in [0.15, 0.2) is 36.4 Å². The molecule has 0 unspecified atom stereocenters. The van der Waals surface area contributed by atoms with E-state index in [1.165, 1.54) is 25.7 Å². The van der Waals surface area contributed by atoms with Crippen molar-refractivity contribution in [2.75, 3.05) is 19.6 Å². The summed E-state index contributed by atoms with van der Waals surface area (Å²) in [5.41, 5.74) is 1.09. The minimum absolute atomic E-state index is 0.180. The molecule has 1 aromatic rings. The molecule has 0 spiro atoms. The number of carbonyl (C=O) groups excluding carboxylic acids is 1. The van der Waals surface area contributed by atoms with Gasteiger partial charge in [0.25, 0.3) is 0 Å². The number of hydrogen-bond acceptors (Lipinski definition) is 2. The molecule has 3 nitrogen and oxygen atoms in total. The van der Waals surface area contributed by atoms with E-state index in [4.69, 9.17) is 0 Å². The molecule has 0 aromatic heterocycles. The van der Waals surface area contributed by atoms with Crippen LogP contribution in [0.5, 0.6) is 0 Å². The molecule has 1 aromatic carbocycles. The second kappa shape index (κ2) is 6.90. The Morgan fingerprint density at radius 3 is 2.52 bits per heavy atom. The van der Waals surface area contributed by atoms with Crippen molar-refractivity contribution in [3.05, 3.63) is 42.0 Å². The highest BCUT2D eigenvalue weighted by Crippen LogP contribution is 2.29. The largest absolute Gasteiger partial charge is 0.336 e. The summed E-state index contributed by atoms with van der Waals surface area (Å²) < 4.78 is 0. The van der Waals surface area contributed by atoms with Crippen LogP contribution in [0.25, 0.3) is 6.08 Å². The Bertz CT molecular complexity index is 487. The highest BCUT2D eigenvalue weighted by Gasteiger charge is 2.33. The predicted molar refractivity (Wildman–Crippen MR) is 85.8 cm³/mol. The molecule has 1 saturated heterocycles. The van der Waals surface area contributed by atoms with Gasteiger partial charge in [-0.05, 0) is 56.3 Å². The van der Waals surface area contributed by atoms with Crippen LogP contribution < -0.4 is 5.32 Å². The summed E-state index contributed by atoms with van der Waals surface area (Å²) in [5, 5.41) is 3.39. The lowest BCUT2D eigenvalue weighted by Crippen LogP contribution is -2.39. The van der Waals surface area contributed by atoms with Crippen molar-refractivity contribution in [1.82, 2.24) is 10.2 Å². The van der Waals surface area contributed by atoms with Crippen molar-refractivity contribution in [3.63, 3.8) is 0 Å². The van der Waals surface area contributed by atoms with E-state index >= 15 is 0 Å². The van der Waals surface area contributed by atoms with Gasteiger partial charge in [-0.3, -0.25) is 4.79 Å². The Balaban J connectivity index is 1.60. The molecular formula is C18H24N2O. The Hall–Kier alpha value is -1.61. The normalized spacial score (nSPS) is 19.8. The Kier molecular flexibility index (Phi) is 4.71. The van der Waals surface area contributed by atoms with Crippen LogP contribution in [0.4, 0.5) is 0 Å². The molecule has 1 aliphatic carbocycles. The molecule has 0 bridgehead atoms. The summed E-state index contributed by atoms with van der Waals surface area (Å²) in [7, 11) is 0. The van der Waals surface area contributed by atoms with E-state index in [-0.39, 0.29) is 5.91 Å². The molecular weight excluding hydrogens is 260 g/mol. The van der Waals surface area contributed by atoms with E-state index in [9.17, 15) is 4.79 Å². The highest BCUT2D eigenvalue weighted by molar-refractivity contribution is 5.92.